The fourth-order valence-corrected chi connectivity index (χ4v) is 5.59. The first-order valence-corrected chi connectivity index (χ1v) is 14.1. The minimum atomic E-state index is -0.301. The molecule has 0 radical (unpaired) electrons. The number of hydrogen-bond acceptors (Lipinski definition) is 5. The number of aromatic nitrogens is 2. The van der Waals surface area contributed by atoms with Crippen molar-refractivity contribution >= 4 is 40.3 Å². The Balaban J connectivity index is 1.47. The van der Waals surface area contributed by atoms with Crippen molar-refractivity contribution in [3.8, 4) is 22.7 Å². The topological polar surface area (TPSA) is 47.4 Å². The van der Waals surface area contributed by atoms with E-state index in [-0.39, 0.29) is 18.3 Å². The number of nitrogens with zero attached hydrogens (tertiary/aromatic N) is 3. The first-order valence-electron chi connectivity index (χ1n) is 12.9. The molecule has 8 heteroatoms. The summed E-state index contributed by atoms with van der Waals surface area (Å²) < 4.78 is 22.4. The van der Waals surface area contributed by atoms with Crippen LogP contribution in [-0.2, 0) is 11.4 Å². The second-order valence-electron chi connectivity index (χ2n) is 9.16. The van der Waals surface area contributed by atoms with Crippen LogP contribution in [0.3, 0.4) is 0 Å². The van der Waals surface area contributed by atoms with E-state index in [0.717, 1.165) is 36.1 Å². The minimum absolute atomic E-state index is 0.0681. The number of unbranched alkanes of at least 4 members (excludes halogenated alkanes) is 2. The molecule has 1 saturated heterocycles. The molecule has 1 aliphatic heterocycles. The Hall–Kier alpha value is -3.75. The monoisotopic (exact) mass is 557 g/mol. The van der Waals surface area contributed by atoms with Crippen LogP contribution in [0.1, 0.15) is 37.3 Å². The molecule has 0 saturated carbocycles. The molecule has 5 rings (SSSR count). The average molecular weight is 558 g/mol. The van der Waals surface area contributed by atoms with Crippen LogP contribution in [0.5, 0.6) is 5.75 Å². The molecule has 1 amide bonds. The largest absolute Gasteiger partial charge is 0.489 e. The lowest BCUT2D eigenvalue weighted by atomic mass is 10.1. The Morgan fingerprint density at radius 2 is 1.82 bits per heavy atom. The van der Waals surface area contributed by atoms with Crippen LogP contribution >= 0.6 is 24.0 Å². The van der Waals surface area contributed by atoms with Gasteiger partial charge in [-0.15, -0.1) is 0 Å². The highest BCUT2D eigenvalue weighted by Gasteiger charge is 2.32. The Kier molecular flexibility index (Phi) is 8.54. The van der Waals surface area contributed by atoms with Crippen LogP contribution < -0.4 is 4.74 Å². The van der Waals surface area contributed by atoms with E-state index in [2.05, 4.69) is 6.92 Å². The highest BCUT2D eigenvalue weighted by Crippen LogP contribution is 2.35. The number of ether oxygens (including phenoxy) is 1. The molecule has 39 heavy (non-hydrogen) atoms. The number of thioether (sulfide) groups is 1. The number of rotatable bonds is 10. The van der Waals surface area contributed by atoms with Crippen molar-refractivity contribution in [2.75, 3.05) is 6.54 Å². The van der Waals surface area contributed by atoms with Gasteiger partial charge in [0.1, 0.15) is 28.2 Å². The summed E-state index contributed by atoms with van der Waals surface area (Å²) in [6.45, 7) is 2.88. The van der Waals surface area contributed by atoms with Gasteiger partial charge in [-0.25, -0.2) is 9.07 Å². The SMILES string of the molecule is CCCCCN1C(=O)/C(=C/c2cn(-c3ccccc3)nc2-c2cccc(OCc3ccccc3F)c2)SC1=S. The van der Waals surface area contributed by atoms with Crippen LogP contribution in [-0.4, -0.2) is 31.5 Å². The molecule has 1 fully saturated rings. The summed E-state index contributed by atoms with van der Waals surface area (Å²) in [5.41, 5.74) is 3.70. The highest BCUT2D eigenvalue weighted by molar-refractivity contribution is 8.26. The van der Waals surface area contributed by atoms with Gasteiger partial charge in [-0.2, -0.15) is 5.10 Å². The molecule has 1 aliphatic rings. The van der Waals surface area contributed by atoms with E-state index in [1.165, 1.54) is 17.8 Å². The van der Waals surface area contributed by atoms with Crippen molar-refractivity contribution in [2.45, 2.75) is 32.8 Å². The fraction of sp³-hybridized carbons (Fsp3) is 0.194. The molecule has 0 bridgehead atoms. The maximum absolute atomic E-state index is 14.1. The van der Waals surface area contributed by atoms with E-state index < -0.39 is 0 Å². The molecule has 3 aromatic carbocycles. The lowest BCUT2D eigenvalue weighted by Gasteiger charge is -2.13. The zero-order valence-electron chi connectivity index (χ0n) is 21.5. The number of carbonyl (C=O) groups is 1. The maximum atomic E-state index is 14.1. The summed E-state index contributed by atoms with van der Waals surface area (Å²) in [5.74, 6) is 0.226. The van der Waals surface area contributed by atoms with Crippen LogP contribution in [0.25, 0.3) is 23.0 Å². The number of benzene rings is 3. The molecule has 0 N–H and O–H groups in total. The second kappa shape index (κ2) is 12.4. The molecule has 0 spiro atoms. The zero-order valence-corrected chi connectivity index (χ0v) is 23.2. The molecular formula is C31H28FN3O2S2. The summed E-state index contributed by atoms with van der Waals surface area (Å²) in [6.07, 6.45) is 6.84. The van der Waals surface area contributed by atoms with Gasteiger partial charge >= 0.3 is 0 Å². The van der Waals surface area contributed by atoms with Crippen LogP contribution in [0.4, 0.5) is 4.39 Å². The molecule has 198 valence electrons. The Bertz CT molecular complexity index is 1520. The van der Waals surface area contributed by atoms with Gasteiger partial charge in [0.05, 0.1) is 10.6 Å². The molecule has 2 heterocycles. The van der Waals surface area contributed by atoms with Crippen molar-refractivity contribution in [2.24, 2.45) is 0 Å². The number of halogens is 1. The summed E-state index contributed by atoms with van der Waals surface area (Å²) in [6, 6.07) is 23.9. The van der Waals surface area contributed by atoms with E-state index >= 15 is 0 Å². The predicted molar refractivity (Wildman–Crippen MR) is 159 cm³/mol. The van der Waals surface area contributed by atoms with Gasteiger partial charge < -0.3 is 4.74 Å². The van der Waals surface area contributed by atoms with Crippen LogP contribution in [0, 0.1) is 5.82 Å². The zero-order chi connectivity index (χ0) is 27.2. The molecule has 1 aromatic heterocycles. The molecule has 0 aliphatic carbocycles. The number of para-hydroxylation sites is 1. The van der Waals surface area contributed by atoms with Gasteiger partial charge in [-0.3, -0.25) is 9.69 Å². The Morgan fingerprint density at radius 3 is 2.62 bits per heavy atom. The van der Waals surface area contributed by atoms with Gasteiger partial charge in [-0.1, -0.05) is 92.3 Å². The van der Waals surface area contributed by atoms with Gasteiger partial charge in [0.2, 0.25) is 0 Å². The normalized spacial score (nSPS) is 14.4. The summed E-state index contributed by atoms with van der Waals surface area (Å²) in [5, 5.41) is 4.88. The van der Waals surface area contributed by atoms with E-state index in [0.29, 0.717) is 32.8 Å². The van der Waals surface area contributed by atoms with Crippen molar-refractivity contribution < 1.29 is 13.9 Å². The van der Waals surface area contributed by atoms with Crippen molar-refractivity contribution in [3.05, 3.63) is 107 Å². The first kappa shape index (κ1) is 26.8. The predicted octanol–water partition coefficient (Wildman–Crippen LogP) is 7.65. The van der Waals surface area contributed by atoms with Crippen LogP contribution in [0.2, 0.25) is 0 Å². The lowest BCUT2D eigenvalue weighted by molar-refractivity contribution is -0.122. The van der Waals surface area contributed by atoms with Crippen molar-refractivity contribution in [3.63, 3.8) is 0 Å². The van der Waals surface area contributed by atoms with Gasteiger partial charge in [0.15, 0.2) is 0 Å². The Labute approximate surface area is 237 Å². The first-order chi connectivity index (χ1) is 19.0. The fourth-order valence-electron chi connectivity index (χ4n) is 4.29. The second-order valence-corrected chi connectivity index (χ2v) is 10.8. The molecule has 4 aromatic rings. The third kappa shape index (κ3) is 6.29. The van der Waals surface area contributed by atoms with Gasteiger partial charge in [0.25, 0.3) is 5.91 Å². The van der Waals surface area contributed by atoms with E-state index in [4.69, 9.17) is 22.1 Å². The molecule has 0 atom stereocenters. The molecule has 0 unspecified atom stereocenters. The van der Waals surface area contributed by atoms with Gasteiger partial charge in [-0.05, 0) is 42.8 Å². The van der Waals surface area contributed by atoms with Crippen LogP contribution in [0.15, 0.2) is 90.0 Å². The highest BCUT2D eigenvalue weighted by atomic mass is 32.2. The number of thiocarbonyl (C=S) groups is 1. The standard InChI is InChI=1S/C31H28FN3O2S2/c1-2-3-9-17-34-30(36)28(39-31(34)38)19-24-20-35(25-13-5-4-6-14-25)33-29(24)22-12-10-15-26(18-22)37-21-23-11-7-8-16-27(23)32/h4-8,10-16,18-20H,2-3,9,17,21H2,1H3/b28-19-. The van der Waals surface area contributed by atoms with E-state index in [1.807, 2.05) is 66.9 Å². The maximum Gasteiger partial charge on any atom is 0.266 e. The third-order valence-electron chi connectivity index (χ3n) is 6.37. The van der Waals surface area contributed by atoms with Gasteiger partial charge in [0, 0.05) is 29.4 Å². The number of carbonyl (C=O) groups excluding carboxylic acids is 1. The molecular weight excluding hydrogens is 529 g/mol. The van der Waals surface area contributed by atoms with E-state index in [9.17, 15) is 9.18 Å². The summed E-state index contributed by atoms with van der Waals surface area (Å²) in [7, 11) is 0. The quantitative estimate of drug-likeness (QED) is 0.114. The summed E-state index contributed by atoms with van der Waals surface area (Å²) >= 11 is 6.85. The Morgan fingerprint density at radius 1 is 1.03 bits per heavy atom. The third-order valence-corrected chi connectivity index (χ3v) is 7.75. The number of amides is 1. The average Bonchev–Trinajstić information content (AvgIpc) is 3.49. The van der Waals surface area contributed by atoms with Crippen molar-refractivity contribution in [1.82, 2.24) is 14.7 Å². The van der Waals surface area contributed by atoms with Crippen molar-refractivity contribution in [1.29, 1.82) is 0 Å². The molecule has 5 nitrogen and oxygen atoms in total. The lowest BCUT2D eigenvalue weighted by Crippen LogP contribution is -2.28. The minimum Gasteiger partial charge on any atom is -0.489 e. The summed E-state index contributed by atoms with van der Waals surface area (Å²) in [4.78, 5) is 15.5. The smallest absolute Gasteiger partial charge is 0.266 e. The number of hydrogen-bond donors (Lipinski definition) is 0. The van der Waals surface area contributed by atoms with E-state index in [1.54, 1.807) is 27.8 Å².